The van der Waals surface area contributed by atoms with Gasteiger partial charge >= 0.3 is 5.97 Å². The first-order valence-electron chi connectivity index (χ1n) is 5.04. The Hall–Kier alpha value is -2.28. The number of aromatic carboxylic acids is 1. The minimum Gasteiger partial charge on any atom is -0.476 e. The Balaban J connectivity index is 1.97. The number of carboxylic acids is 1. The smallest absolute Gasteiger partial charge is 0.355 e. The number of hydrogen-bond acceptors (Lipinski definition) is 5. The summed E-state index contributed by atoms with van der Waals surface area (Å²) >= 11 is 0.997. The van der Waals surface area contributed by atoms with Crippen molar-refractivity contribution in [2.24, 2.45) is 0 Å². The zero-order valence-electron chi connectivity index (χ0n) is 9.16. The zero-order valence-corrected chi connectivity index (χ0v) is 9.98. The van der Waals surface area contributed by atoms with Crippen LogP contribution in [0.15, 0.2) is 29.8 Å². The summed E-state index contributed by atoms with van der Waals surface area (Å²) in [4.78, 5) is 30.0. The van der Waals surface area contributed by atoms with Crippen molar-refractivity contribution in [1.29, 1.82) is 0 Å². The molecule has 0 unspecified atom stereocenters. The summed E-state index contributed by atoms with van der Waals surface area (Å²) in [6.07, 6.45) is 1.63. The average Bonchev–Trinajstić information content (AvgIpc) is 2.87. The predicted octanol–water partition coefficient (Wildman–Crippen LogP) is 1.17. The molecule has 2 aromatic rings. The fourth-order valence-electron chi connectivity index (χ4n) is 1.23. The highest BCUT2D eigenvalue weighted by Crippen LogP contribution is 2.09. The molecule has 6 nitrogen and oxygen atoms in total. The predicted molar refractivity (Wildman–Crippen MR) is 64.5 cm³/mol. The maximum absolute atomic E-state index is 11.7. The highest BCUT2D eigenvalue weighted by molar-refractivity contribution is 7.11. The number of pyridine rings is 1. The van der Waals surface area contributed by atoms with Gasteiger partial charge in [0.2, 0.25) is 0 Å². The van der Waals surface area contributed by atoms with Crippen LogP contribution in [0.3, 0.4) is 0 Å². The standard InChI is InChI=1S/C11H9N3O3S/c15-9(10-14-8(6-18-10)11(16)17)13-5-7-3-1-2-4-12-7/h1-4,6H,5H2,(H,13,15)(H,16,17). The molecule has 0 aromatic carbocycles. The minimum absolute atomic E-state index is 0.122. The van der Waals surface area contributed by atoms with Crippen LogP contribution >= 0.6 is 11.3 Å². The van der Waals surface area contributed by atoms with Crippen molar-refractivity contribution in [2.75, 3.05) is 0 Å². The Morgan fingerprint density at radius 2 is 2.22 bits per heavy atom. The van der Waals surface area contributed by atoms with Crippen molar-refractivity contribution in [3.63, 3.8) is 0 Å². The van der Waals surface area contributed by atoms with Gasteiger partial charge in [-0.3, -0.25) is 9.78 Å². The number of hydrogen-bond donors (Lipinski definition) is 2. The maximum Gasteiger partial charge on any atom is 0.355 e. The number of amides is 1. The number of carbonyl (C=O) groups excluding carboxylic acids is 1. The summed E-state index contributed by atoms with van der Waals surface area (Å²) in [5.74, 6) is -1.55. The van der Waals surface area contributed by atoms with E-state index in [1.54, 1.807) is 18.3 Å². The largest absolute Gasteiger partial charge is 0.476 e. The molecule has 0 fully saturated rings. The molecule has 0 atom stereocenters. The molecule has 0 aliphatic carbocycles. The number of carboxylic acid groups (broad SMARTS) is 1. The van der Waals surface area contributed by atoms with E-state index in [0.717, 1.165) is 17.0 Å². The SMILES string of the molecule is O=C(O)c1csc(C(=O)NCc2ccccn2)n1. The molecule has 0 spiro atoms. The van der Waals surface area contributed by atoms with Crippen molar-refractivity contribution in [3.05, 3.63) is 46.2 Å². The Kier molecular flexibility index (Phi) is 3.63. The number of thiazole rings is 1. The van der Waals surface area contributed by atoms with E-state index in [-0.39, 0.29) is 17.2 Å². The van der Waals surface area contributed by atoms with Gasteiger partial charge in [-0.2, -0.15) is 0 Å². The Labute approximate surface area is 106 Å². The van der Waals surface area contributed by atoms with Gasteiger partial charge in [-0.25, -0.2) is 9.78 Å². The second-order valence-corrected chi connectivity index (χ2v) is 4.20. The number of rotatable bonds is 4. The third kappa shape index (κ3) is 2.89. The molecule has 0 radical (unpaired) electrons. The van der Waals surface area contributed by atoms with E-state index in [9.17, 15) is 9.59 Å². The van der Waals surface area contributed by atoms with Gasteiger partial charge in [0.25, 0.3) is 5.91 Å². The first-order valence-corrected chi connectivity index (χ1v) is 5.91. The van der Waals surface area contributed by atoms with Gasteiger partial charge in [-0.05, 0) is 12.1 Å². The van der Waals surface area contributed by atoms with Gasteiger partial charge < -0.3 is 10.4 Å². The van der Waals surface area contributed by atoms with Crippen molar-refractivity contribution in [3.8, 4) is 0 Å². The molecule has 2 rings (SSSR count). The first-order chi connectivity index (χ1) is 8.66. The molecule has 0 saturated heterocycles. The topological polar surface area (TPSA) is 92.2 Å². The quantitative estimate of drug-likeness (QED) is 0.863. The van der Waals surface area contributed by atoms with Gasteiger partial charge in [-0.15, -0.1) is 11.3 Å². The van der Waals surface area contributed by atoms with Crippen molar-refractivity contribution < 1.29 is 14.7 Å². The van der Waals surface area contributed by atoms with E-state index in [1.807, 2.05) is 6.07 Å². The summed E-state index contributed by atoms with van der Waals surface area (Å²) in [7, 11) is 0. The number of carbonyl (C=O) groups is 2. The summed E-state index contributed by atoms with van der Waals surface area (Å²) in [6.45, 7) is 0.279. The van der Waals surface area contributed by atoms with Gasteiger partial charge in [0, 0.05) is 11.6 Å². The second-order valence-electron chi connectivity index (χ2n) is 3.35. The van der Waals surface area contributed by atoms with Crippen molar-refractivity contribution in [1.82, 2.24) is 15.3 Å². The molecule has 1 amide bonds. The van der Waals surface area contributed by atoms with E-state index in [2.05, 4.69) is 15.3 Å². The molecular formula is C11H9N3O3S. The van der Waals surface area contributed by atoms with Crippen LogP contribution in [0, 0.1) is 0 Å². The average molecular weight is 263 g/mol. The van der Waals surface area contributed by atoms with Crippen molar-refractivity contribution >= 4 is 23.2 Å². The van der Waals surface area contributed by atoms with E-state index in [4.69, 9.17) is 5.11 Å². The highest BCUT2D eigenvalue weighted by atomic mass is 32.1. The lowest BCUT2D eigenvalue weighted by molar-refractivity contribution is 0.0691. The van der Waals surface area contributed by atoms with Crippen molar-refractivity contribution in [2.45, 2.75) is 6.54 Å². The third-order valence-electron chi connectivity index (χ3n) is 2.07. The Morgan fingerprint density at radius 3 is 2.83 bits per heavy atom. The summed E-state index contributed by atoms with van der Waals surface area (Å²) in [5.41, 5.74) is 0.601. The van der Waals surface area contributed by atoms with Crippen LogP contribution in [0.2, 0.25) is 0 Å². The van der Waals surface area contributed by atoms with Crippen LogP contribution in [-0.4, -0.2) is 27.0 Å². The molecule has 2 aromatic heterocycles. The lowest BCUT2D eigenvalue weighted by Gasteiger charge is -2.01. The molecule has 18 heavy (non-hydrogen) atoms. The van der Waals surface area contributed by atoms with Crippen LogP contribution in [0.4, 0.5) is 0 Å². The lowest BCUT2D eigenvalue weighted by atomic mass is 10.3. The first kappa shape index (κ1) is 12.2. The second kappa shape index (κ2) is 5.37. The summed E-state index contributed by atoms with van der Waals surface area (Å²) in [6, 6.07) is 5.39. The van der Waals surface area contributed by atoms with Gasteiger partial charge in [0.1, 0.15) is 0 Å². The van der Waals surface area contributed by atoms with Gasteiger partial charge in [-0.1, -0.05) is 6.07 Å². The molecule has 2 N–H and O–H groups in total. The van der Waals surface area contributed by atoms with E-state index in [1.165, 1.54) is 5.38 Å². The minimum atomic E-state index is -1.14. The fourth-order valence-corrected chi connectivity index (χ4v) is 1.93. The number of nitrogens with zero attached hydrogens (tertiary/aromatic N) is 2. The van der Waals surface area contributed by atoms with Crippen LogP contribution in [0.5, 0.6) is 0 Å². The molecule has 0 aliphatic rings. The third-order valence-corrected chi connectivity index (χ3v) is 2.91. The molecule has 2 heterocycles. The van der Waals surface area contributed by atoms with Crippen LogP contribution < -0.4 is 5.32 Å². The van der Waals surface area contributed by atoms with Crippen LogP contribution in [-0.2, 0) is 6.54 Å². The van der Waals surface area contributed by atoms with E-state index in [0.29, 0.717) is 0 Å². The van der Waals surface area contributed by atoms with E-state index < -0.39 is 11.9 Å². The molecule has 7 heteroatoms. The molecule has 0 aliphatic heterocycles. The van der Waals surface area contributed by atoms with Crippen LogP contribution in [0.25, 0.3) is 0 Å². The fraction of sp³-hybridized carbons (Fsp3) is 0.0909. The zero-order chi connectivity index (χ0) is 13.0. The Morgan fingerprint density at radius 1 is 1.39 bits per heavy atom. The van der Waals surface area contributed by atoms with Crippen LogP contribution in [0.1, 0.15) is 26.0 Å². The molecular weight excluding hydrogens is 254 g/mol. The molecule has 0 bridgehead atoms. The summed E-state index contributed by atoms with van der Waals surface area (Å²) < 4.78 is 0. The highest BCUT2D eigenvalue weighted by Gasteiger charge is 2.14. The summed E-state index contributed by atoms with van der Waals surface area (Å²) in [5, 5.41) is 12.8. The number of aromatic nitrogens is 2. The Bertz CT molecular complexity index is 568. The normalized spacial score (nSPS) is 10.0. The lowest BCUT2D eigenvalue weighted by Crippen LogP contribution is -2.23. The maximum atomic E-state index is 11.7. The van der Waals surface area contributed by atoms with Gasteiger partial charge in [0.15, 0.2) is 10.7 Å². The molecule has 92 valence electrons. The number of nitrogens with one attached hydrogen (secondary N) is 1. The molecule has 0 saturated carbocycles. The monoisotopic (exact) mass is 263 g/mol. The van der Waals surface area contributed by atoms with E-state index >= 15 is 0 Å². The van der Waals surface area contributed by atoms with Gasteiger partial charge in [0.05, 0.1) is 12.2 Å².